The maximum absolute atomic E-state index is 12.7. The molecule has 0 fully saturated rings. The minimum atomic E-state index is -4.89. The molecule has 368 valence electrons. The van der Waals surface area contributed by atoms with Gasteiger partial charge in [-0.15, -0.1) is 0 Å². The Hall–Kier alpha value is -2.00. The van der Waals surface area contributed by atoms with Crippen molar-refractivity contribution in [3.8, 4) is 0 Å². The Balaban J connectivity index is 4.70. The molecule has 0 spiro atoms. The molecule has 5 atom stereocenters. The first kappa shape index (κ1) is 61.0. The second-order valence-electron chi connectivity index (χ2n) is 16.6. The molecule has 0 aliphatic rings. The fourth-order valence-electron chi connectivity index (χ4n) is 6.20. The summed E-state index contributed by atoms with van der Waals surface area (Å²) in [4.78, 5) is 52.8. The van der Waals surface area contributed by atoms with Gasteiger partial charge in [0.2, 0.25) is 0 Å². The number of carbonyl (C=O) groups is 2. The van der Waals surface area contributed by atoms with Gasteiger partial charge in [0.15, 0.2) is 6.10 Å². The topological polar surface area (TPSA) is 236 Å². The number of hydrogen-bond acceptors (Lipinski definition) is 12. The number of ether oxygens (including phenoxy) is 2. The number of hydrogen-bond donors (Lipinski definition) is 6. The summed E-state index contributed by atoms with van der Waals surface area (Å²) < 4.78 is 47.7. The summed E-state index contributed by atoms with van der Waals surface area (Å²) in [5.41, 5.74) is 0. The minimum absolute atomic E-state index is 0.0647. The summed E-state index contributed by atoms with van der Waals surface area (Å²) >= 11 is 0. The minimum Gasteiger partial charge on any atom is -0.462 e. The van der Waals surface area contributed by atoms with E-state index in [2.05, 4.69) is 35.9 Å². The van der Waals surface area contributed by atoms with Crippen LogP contribution in [-0.2, 0) is 41.8 Å². The third kappa shape index (κ3) is 45.0. The summed E-state index contributed by atoms with van der Waals surface area (Å²) in [7, 11) is -9.76. The zero-order valence-electron chi connectivity index (χ0n) is 38.6. The van der Waals surface area contributed by atoms with Crippen LogP contribution in [0.4, 0.5) is 0 Å². The summed E-state index contributed by atoms with van der Waals surface area (Å²) in [6, 6.07) is 0. The van der Waals surface area contributed by atoms with E-state index in [0.717, 1.165) is 44.4 Å². The van der Waals surface area contributed by atoms with Crippen molar-refractivity contribution in [3.63, 3.8) is 0 Å². The lowest BCUT2D eigenvalue weighted by Gasteiger charge is -2.20. The highest BCUT2D eigenvalue weighted by atomic mass is 31.2. The van der Waals surface area contributed by atoms with Crippen molar-refractivity contribution in [2.75, 3.05) is 26.4 Å². The van der Waals surface area contributed by atoms with Crippen molar-refractivity contribution < 1.29 is 71.8 Å². The van der Waals surface area contributed by atoms with Crippen LogP contribution in [0.1, 0.15) is 175 Å². The fourth-order valence-corrected chi connectivity index (χ4v) is 7.35. The Labute approximate surface area is 378 Å². The number of aliphatic hydroxyl groups excluding tert-OH is 3. The highest BCUT2D eigenvalue weighted by Crippen LogP contribution is 2.43. The zero-order chi connectivity index (χ0) is 47.0. The maximum Gasteiger partial charge on any atom is 0.472 e. The van der Waals surface area contributed by atoms with E-state index < -0.39 is 78.4 Å². The van der Waals surface area contributed by atoms with Gasteiger partial charge in [-0.2, -0.15) is 0 Å². The highest BCUT2D eigenvalue weighted by molar-refractivity contribution is 7.47. The predicted molar refractivity (Wildman–Crippen MR) is 246 cm³/mol. The number of esters is 2. The van der Waals surface area contributed by atoms with Crippen molar-refractivity contribution >= 4 is 27.6 Å². The lowest BCUT2D eigenvalue weighted by Crippen LogP contribution is -2.30. The standard InChI is InChI=1S/C46H84O15P2/c1-4-5-6-7-19-24-30-41(47)31-25-21-22-26-32-42(48)33-28-35-45(50)57-38-44(39-60-63(55,56)59-37-43(49)36-58-62(52,53)54)61-46(51)34-27-20-17-15-13-11-9-8-10-12-14-16-18-23-29-40(2)3/h19,21-22,24-26,31-32,40-44,47-49H,4-18,20,23,27-30,33-39H2,1-3H3,(H,55,56)(H2,52,53,54)/b22-21+,24-19-,31-25+,32-26-/t41-,42-,43+,44-/m1/s1. The molecule has 0 bridgehead atoms. The van der Waals surface area contributed by atoms with E-state index in [1.807, 2.05) is 6.08 Å². The molecule has 0 amide bonds. The summed E-state index contributed by atoms with van der Waals surface area (Å²) in [5, 5.41) is 30.1. The van der Waals surface area contributed by atoms with Gasteiger partial charge in [0, 0.05) is 12.8 Å². The molecule has 6 N–H and O–H groups in total. The van der Waals surface area contributed by atoms with Crippen LogP contribution in [0.15, 0.2) is 48.6 Å². The van der Waals surface area contributed by atoms with Gasteiger partial charge in [0.25, 0.3) is 0 Å². The van der Waals surface area contributed by atoms with Crippen LogP contribution < -0.4 is 0 Å². The lowest BCUT2D eigenvalue weighted by molar-refractivity contribution is -0.161. The Morgan fingerprint density at radius 2 is 1.08 bits per heavy atom. The average Bonchev–Trinajstić information content (AvgIpc) is 3.22. The van der Waals surface area contributed by atoms with Crippen molar-refractivity contribution in [1.29, 1.82) is 0 Å². The predicted octanol–water partition coefficient (Wildman–Crippen LogP) is 10.0. The molecule has 0 aliphatic heterocycles. The van der Waals surface area contributed by atoms with Crippen LogP contribution in [0.3, 0.4) is 0 Å². The Kier molecular flexibility index (Phi) is 39.0. The van der Waals surface area contributed by atoms with Crippen LogP contribution in [0.2, 0.25) is 0 Å². The van der Waals surface area contributed by atoms with Gasteiger partial charge in [-0.1, -0.05) is 172 Å². The van der Waals surface area contributed by atoms with Gasteiger partial charge < -0.3 is 39.5 Å². The normalized spacial score (nSPS) is 15.5. The van der Waals surface area contributed by atoms with Gasteiger partial charge in [0.05, 0.1) is 32.0 Å². The quantitative estimate of drug-likeness (QED) is 0.0110. The molecule has 63 heavy (non-hydrogen) atoms. The zero-order valence-corrected chi connectivity index (χ0v) is 40.3. The van der Waals surface area contributed by atoms with Crippen LogP contribution in [0.25, 0.3) is 0 Å². The molecular weight excluding hydrogens is 854 g/mol. The highest BCUT2D eigenvalue weighted by Gasteiger charge is 2.28. The van der Waals surface area contributed by atoms with Gasteiger partial charge in [-0.25, -0.2) is 9.13 Å². The third-order valence-electron chi connectivity index (χ3n) is 9.83. The van der Waals surface area contributed by atoms with E-state index in [-0.39, 0.29) is 25.7 Å². The smallest absolute Gasteiger partial charge is 0.462 e. The molecule has 0 rings (SSSR count). The maximum atomic E-state index is 12.7. The van der Waals surface area contributed by atoms with Gasteiger partial charge in [0.1, 0.15) is 12.7 Å². The van der Waals surface area contributed by atoms with Crippen LogP contribution in [0.5, 0.6) is 0 Å². The van der Waals surface area contributed by atoms with E-state index in [9.17, 15) is 38.9 Å². The summed E-state index contributed by atoms with van der Waals surface area (Å²) in [5.74, 6) is -0.473. The molecule has 0 aliphatic carbocycles. The largest absolute Gasteiger partial charge is 0.472 e. The van der Waals surface area contributed by atoms with Crippen molar-refractivity contribution in [2.24, 2.45) is 5.92 Å². The molecule has 0 saturated heterocycles. The summed E-state index contributed by atoms with van der Waals surface area (Å²) in [6.45, 7) is 3.76. The van der Waals surface area contributed by atoms with Crippen LogP contribution in [-0.4, -0.2) is 92.8 Å². The average molecular weight is 939 g/mol. The molecule has 0 aromatic heterocycles. The second kappa shape index (κ2) is 40.3. The number of phosphoric acid groups is 2. The SMILES string of the molecule is CCCCC/C=C\C[C@@H](O)/C=C/C=C/C=C\[C@@H](O)CCCC(=O)OC[C@H](COP(=O)(O)OC[C@@H](O)COP(=O)(O)O)OC(=O)CCCCCCCCCCCCCCCCC(C)C. The second-order valence-corrected chi connectivity index (χ2v) is 19.3. The number of phosphoric ester groups is 2. The molecule has 0 aromatic rings. The first-order valence-electron chi connectivity index (χ1n) is 23.4. The number of allylic oxidation sites excluding steroid dienone is 5. The molecule has 0 radical (unpaired) electrons. The number of unbranched alkanes of at least 4 members (excludes halogenated alkanes) is 16. The monoisotopic (exact) mass is 939 g/mol. The van der Waals surface area contributed by atoms with Crippen LogP contribution >= 0.6 is 15.6 Å². The molecule has 0 heterocycles. The Morgan fingerprint density at radius 3 is 1.65 bits per heavy atom. The third-order valence-corrected chi connectivity index (χ3v) is 11.3. The first-order chi connectivity index (χ1) is 30.0. The molecule has 15 nitrogen and oxygen atoms in total. The van der Waals surface area contributed by atoms with Crippen LogP contribution in [0, 0.1) is 5.92 Å². The number of aliphatic hydroxyl groups is 3. The molecular formula is C46H84O15P2. The Morgan fingerprint density at radius 1 is 0.556 bits per heavy atom. The first-order valence-corrected chi connectivity index (χ1v) is 26.4. The van der Waals surface area contributed by atoms with E-state index >= 15 is 0 Å². The van der Waals surface area contributed by atoms with Gasteiger partial charge >= 0.3 is 27.6 Å². The van der Waals surface area contributed by atoms with Crippen molar-refractivity contribution in [1.82, 2.24) is 0 Å². The number of rotatable bonds is 43. The van der Waals surface area contributed by atoms with E-state index in [0.29, 0.717) is 12.8 Å². The Bertz CT molecular complexity index is 1350. The van der Waals surface area contributed by atoms with E-state index in [1.54, 1.807) is 36.5 Å². The molecule has 0 saturated carbocycles. The van der Waals surface area contributed by atoms with Gasteiger partial charge in [-0.05, 0) is 44.4 Å². The molecule has 1 unspecified atom stereocenters. The number of carbonyl (C=O) groups excluding carboxylic acids is 2. The molecule has 17 heteroatoms. The lowest BCUT2D eigenvalue weighted by atomic mass is 10.0. The van der Waals surface area contributed by atoms with Crippen molar-refractivity contribution in [3.05, 3.63) is 48.6 Å². The molecule has 0 aromatic carbocycles. The van der Waals surface area contributed by atoms with E-state index in [1.165, 1.54) is 77.0 Å². The summed E-state index contributed by atoms with van der Waals surface area (Å²) in [6.07, 6.45) is 33.0. The van der Waals surface area contributed by atoms with Crippen molar-refractivity contribution in [2.45, 2.75) is 199 Å². The fraction of sp³-hybridized carbons (Fsp3) is 0.783. The van der Waals surface area contributed by atoms with E-state index in [4.69, 9.17) is 23.8 Å². The van der Waals surface area contributed by atoms with Gasteiger partial charge in [-0.3, -0.25) is 23.2 Å².